The van der Waals surface area contributed by atoms with Crippen LogP contribution in [0.15, 0.2) is 36.5 Å². The van der Waals surface area contributed by atoms with E-state index in [9.17, 15) is 9.18 Å². The van der Waals surface area contributed by atoms with Crippen molar-refractivity contribution >= 4 is 34.1 Å². The predicted molar refractivity (Wildman–Crippen MR) is 113 cm³/mol. The first kappa shape index (κ1) is 19.2. The number of nitrogens with zero attached hydrogens (tertiary/aromatic N) is 2. The van der Waals surface area contributed by atoms with E-state index in [0.717, 1.165) is 48.3 Å². The molecular formula is C21H25FN6O. The number of carbonyl (C=O) groups excluding carboxylic acids is 1. The highest BCUT2D eigenvalue weighted by atomic mass is 19.1. The van der Waals surface area contributed by atoms with E-state index in [1.54, 1.807) is 0 Å². The molecule has 2 aromatic heterocycles. The third-order valence-electron chi connectivity index (χ3n) is 5.56. The molecule has 29 heavy (non-hydrogen) atoms. The Morgan fingerprint density at radius 3 is 2.79 bits per heavy atom. The van der Waals surface area contributed by atoms with Gasteiger partial charge in [-0.15, -0.1) is 0 Å². The molecule has 2 heterocycles. The third kappa shape index (κ3) is 3.75. The molecule has 1 aromatic carbocycles. The Bertz CT molecular complexity index is 1060. The summed E-state index contributed by atoms with van der Waals surface area (Å²) in [5, 5.41) is 7.25. The van der Waals surface area contributed by atoms with Gasteiger partial charge in [0, 0.05) is 41.9 Å². The third-order valence-corrected chi connectivity index (χ3v) is 5.56. The van der Waals surface area contributed by atoms with E-state index in [2.05, 4.69) is 15.6 Å². The van der Waals surface area contributed by atoms with E-state index in [1.165, 1.54) is 0 Å². The number of pyridine rings is 1. The second-order valence-corrected chi connectivity index (χ2v) is 7.57. The number of nitrogens with one attached hydrogen (secondary N) is 2. The lowest BCUT2D eigenvalue weighted by atomic mass is 9.91. The number of hydrogen-bond acceptors (Lipinski definition) is 5. The molecule has 1 fully saturated rings. The molecule has 1 saturated carbocycles. The van der Waals surface area contributed by atoms with Crippen LogP contribution in [-0.4, -0.2) is 27.5 Å². The van der Waals surface area contributed by atoms with Crippen LogP contribution in [-0.2, 0) is 7.05 Å². The van der Waals surface area contributed by atoms with Gasteiger partial charge in [-0.2, -0.15) is 0 Å². The van der Waals surface area contributed by atoms with Gasteiger partial charge in [-0.05, 0) is 37.1 Å². The molecule has 1 unspecified atom stereocenters. The Morgan fingerprint density at radius 1 is 1.24 bits per heavy atom. The number of aryl methyl sites for hydroxylation is 1. The van der Waals surface area contributed by atoms with Gasteiger partial charge in [0.15, 0.2) is 11.6 Å². The summed E-state index contributed by atoms with van der Waals surface area (Å²) in [6.07, 6.45) is 5.79. The van der Waals surface area contributed by atoms with E-state index in [0.29, 0.717) is 0 Å². The summed E-state index contributed by atoms with van der Waals surface area (Å²) in [5.41, 5.74) is 13.4. The summed E-state index contributed by atoms with van der Waals surface area (Å²) in [5.74, 6) is -1.10. The monoisotopic (exact) mass is 396 g/mol. The largest absolute Gasteiger partial charge is 0.365 e. The number of carbonyl (C=O) groups is 1. The average molecular weight is 396 g/mol. The number of amides is 1. The molecule has 4 rings (SSSR count). The zero-order valence-electron chi connectivity index (χ0n) is 16.3. The molecule has 1 aliphatic rings. The van der Waals surface area contributed by atoms with E-state index in [4.69, 9.17) is 11.5 Å². The van der Waals surface area contributed by atoms with Gasteiger partial charge < -0.3 is 26.7 Å². The molecule has 0 radical (unpaired) electrons. The summed E-state index contributed by atoms with van der Waals surface area (Å²) >= 11 is 0. The predicted octanol–water partition coefficient (Wildman–Crippen LogP) is 3.24. The smallest absolute Gasteiger partial charge is 0.252 e. The van der Waals surface area contributed by atoms with Crippen molar-refractivity contribution in [3.8, 4) is 0 Å². The summed E-state index contributed by atoms with van der Waals surface area (Å²) in [6, 6.07) is 8.74. The molecule has 3 aromatic rings. The number of fused-ring (bicyclic) bond motifs is 1. The number of hydrogen-bond donors (Lipinski definition) is 4. The molecule has 0 aliphatic heterocycles. The SMILES string of the molecule is Cn1ccc2c(Nc3nc(NC4CCCC[C@@H]4N)c(F)cc3C(N)=O)cccc21. The quantitative estimate of drug-likeness (QED) is 0.529. The summed E-state index contributed by atoms with van der Waals surface area (Å²) < 4.78 is 16.7. The van der Waals surface area contributed by atoms with Crippen LogP contribution in [0.4, 0.5) is 21.7 Å². The van der Waals surface area contributed by atoms with E-state index < -0.39 is 11.7 Å². The van der Waals surface area contributed by atoms with Crippen LogP contribution in [0.2, 0.25) is 0 Å². The summed E-state index contributed by atoms with van der Waals surface area (Å²) in [4.78, 5) is 16.3. The molecule has 0 saturated heterocycles. The highest BCUT2D eigenvalue weighted by Gasteiger charge is 2.24. The van der Waals surface area contributed by atoms with Crippen LogP contribution in [0.3, 0.4) is 0 Å². The van der Waals surface area contributed by atoms with E-state index >= 15 is 0 Å². The molecule has 8 heteroatoms. The van der Waals surface area contributed by atoms with Crippen molar-refractivity contribution in [2.45, 2.75) is 37.8 Å². The maximum Gasteiger partial charge on any atom is 0.252 e. The highest BCUT2D eigenvalue weighted by Crippen LogP contribution is 2.30. The first-order chi connectivity index (χ1) is 13.9. The van der Waals surface area contributed by atoms with Gasteiger partial charge in [0.25, 0.3) is 5.91 Å². The van der Waals surface area contributed by atoms with Crippen LogP contribution < -0.4 is 22.1 Å². The van der Waals surface area contributed by atoms with Gasteiger partial charge in [0.1, 0.15) is 5.82 Å². The molecule has 152 valence electrons. The first-order valence-corrected chi connectivity index (χ1v) is 9.77. The van der Waals surface area contributed by atoms with Gasteiger partial charge in [-0.3, -0.25) is 4.79 Å². The number of rotatable bonds is 5. The van der Waals surface area contributed by atoms with Crippen LogP contribution >= 0.6 is 0 Å². The number of aromatic nitrogens is 2. The molecule has 2 atom stereocenters. The Labute approximate surface area is 168 Å². The number of anilines is 3. The lowest BCUT2D eigenvalue weighted by molar-refractivity contribution is 0.100. The normalized spacial score (nSPS) is 19.3. The molecule has 1 amide bonds. The molecule has 1 aliphatic carbocycles. The van der Waals surface area contributed by atoms with Crippen molar-refractivity contribution in [1.29, 1.82) is 0 Å². The zero-order valence-corrected chi connectivity index (χ0v) is 16.3. The zero-order chi connectivity index (χ0) is 20.5. The van der Waals surface area contributed by atoms with E-state index in [1.807, 2.05) is 42.1 Å². The Balaban J connectivity index is 1.71. The maximum absolute atomic E-state index is 14.7. The minimum Gasteiger partial charge on any atom is -0.365 e. The van der Waals surface area contributed by atoms with Gasteiger partial charge in [0.05, 0.1) is 5.56 Å². The first-order valence-electron chi connectivity index (χ1n) is 9.77. The van der Waals surface area contributed by atoms with E-state index in [-0.39, 0.29) is 29.3 Å². The summed E-state index contributed by atoms with van der Waals surface area (Å²) in [6.45, 7) is 0. The van der Waals surface area contributed by atoms with Crippen molar-refractivity contribution in [2.24, 2.45) is 18.5 Å². The van der Waals surface area contributed by atoms with Crippen LogP contribution in [0.25, 0.3) is 10.9 Å². The van der Waals surface area contributed by atoms with Crippen molar-refractivity contribution in [3.63, 3.8) is 0 Å². The molecule has 6 N–H and O–H groups in total. The van der Waals surface area contributed by atoms with Crippen molar-refractivity contribution < 1.29 is 9.18 Å². The van der Waals surface area contributed by atoms with Crippen LogP contribution in [0, 0.1) is 5.82 Å². The van der Waals surface area contributed by atoms with Gasteiger partial charge >= 0.3 is 0 Å². The number of nitrogens with two attached hydrogens (primary N) is 2. The number of benzene rings is 1. The Kier molecular flexibility index (Phi) is 5.10. The lowest BCUT2D eigenvalue weighted by Crippen LogP contribution is -2.43. The van der Waals surface area contributed by atoms with Crippen molar-refractivity contribution in [2.75, 3.05) is 10.6 Å². The van der Waals surface area contributed by atoms with Crippen molar-refractivity contribution in [1.82, 2.24) is 9.55 Å². The second-order valence-electron chi connectivity index (χ2n) is 7.57. The van der Waals surface area contributed by atoms with Gasteiger partial charge in [-0.1, -0.05) is 18.9 Å². The summed E-state index contributed by atoms with van der Waals surface area (Å²) in [7, 11) is 1.95. The maximum atomic E-state index is 14.7. The fraction of sp³-hybridized carbons (Fsp3) is 0.333. The fourth-order valence-corrected chi connectivity index (χ4v) is 3.93. The standard InChI is InChI=1S/C21H25FN6O/c1-28-10-9-12-16(7-4-8-18(12)28)25-20-13(19(24)29)11-14(22)21(27-20)26-17-6-3-2-5-15(17)23/h4,7-11,15,17H,2-3,5-6,23H2,1H3,(H2,24,29)(H2,25,26,27)/t15-,17?/m0/s1. The molecule has 0 spiro atoms. The molecular weight excluding hydrogens is 371 g/mol. The minimum absolute atomic E-state index is 0.00562. The lowest BCUT2D eigenvalue weighted by Gasteiger charge is -2.30. The Hall–Kier alpha value is -3.13. The topological polar surface area (TPSA) is 111 Å². The van der Waals surface area contributed by atoms with Crippen LogP contribution in [0.1, 0.15) is 36.0 Å². The molecule has 0 bridgehead atoms. The minimum atomic E-state index is -0.750. The molecule has 7 nitrogen and oxygen atoms in total. The van der Waals surface area contributed by atoms with Gasteiger partial charge in [-0.25, -0.2) is 9.37 Å². The number of primary amides is 1. The fourth-order valence-electron chi connectivity index (χ4n) is 3.93. The van der Waals surface area contributed by atoms with Gasteiger partial charge in [0.2, 0.25) is 0 Å². The van der Waals surface area contributed by atoms with Crippen molar-refractivity contribution in [3.05, 3.63) is 47.9 Å². The van der Waals surface area contributed by atoms with Crippen LogP contribution in [0.5, 0.6) is 0 Å². The Morgan fingerprint density at radius 2 is 2.03 bits per heavy atom. The number of halogens is 1. The second kappa shape index (κ2) is 7.71. The highest BCUT2D eigenvalue weighted by molar-refractivity contribution is 6.01. The average Bonchev–Trinajstić information content (AvgIpc) is 3.08.